The Labute approximate surface area is 103 Å². The Hall–Kier alpha value is -2.56. The molecule has 0 aliphatic rings. The first kappa shape index (κ1) is 10.6. The van der Waals surface area contributed by atoms with Gasteiger partial charge >= 0.3 is 0 Å². The fourth-order valence-corrected chi connectivity index (χ4v) is 1.82. The molecule has 3 aromatic heterocycles. The molecule has 3 aromatic rings. The molecule has 5 nitrogen and oxygen atoms in total. The van der Waals surface area contributed by atoms with E-state index < -0.39 is 0 Å². The zero-order valence-electron chi connectivity index (χ0n) is 9.74. The summed E-state index contributed by atoms with van der Waals surface area (Å²) in [4.78, 5) is 19.3. The van der Waals surface area contributed by atoms with Crippen LogP contribution in [0.5, 0.6) is 0 Å². The van der Waals surface area contributed by atoms with Gasteiger partial charge in [0.05, 0.1) is 17.2 Å². The first-order valence-corrected chi connectivity index (χ1v) is 5.47. The molecule has 0 fully saturated rings. The third-order valence-electron chi connectivity index (χ3n) is 2.72. The van der Waals surface area contributed by atoms with E-state index in [0.717, 1.165) is 22.9 Å². The standard InChI is InChI=1S/C13H10N4O/c1-17-7-10(6-15-17)9-4-13-12(14-5-9)3-2-11(8-18)16-13/h2-8H,1H3. The van der Waals surface area contributed by atoms with Crippen molar-refractivity contribution in [2.24, 2.45) is 7.05 Å². The molecule has 0 saturated carbocycles. The number of aromatic nitrogens is 4. The van der Waals surface area contributed by atoms with Gasteiger partial charge in [-0.2, -0.15) is 5.10 Å². The molecule has 18 heavy (non-hydrogen) atoms. The number of aldehydes is 1. The summed E-state index contributed by atoms with van der Waals surface area (Å²) >= 11 is 0. The molecule has 0 spiro atoms. The van der Waals surface area contributed by atoms with Crippen molar-refractivity contribution >= 4 is 17.3 Å². The molecule has 0 saturated heterocycles. The van der Waals surface area contributed by atoms with Gasteiger partial charge in [-0.3, -0.25) is 14.5 Å². The van der Waals surface area contributed by atoms with Crippen LogP contribution in [-0.2, 0) is 7.05 Å². The average molecular weight is 238 g/mol. The van der Waals surface area contributed by atoms with Crippen LogP contribution in [0.3, 0.4) is 0 Å². The van der Waals surface area contributed by atoms with Gasteiger partial charge in [0, 0.05) is 30.6 Å². The van der Waals surface area contributed by atoms with Gasteiger partial charge in [-0.05, 0) is 18.2 Å². The third-order valence-corrected chi connectivity index (χ3v) is 2.72. The molecular formula is C13H10N4O. The average Bonchev–Trinajstić information content (AvgIpc) is 2.84. The minimum absolute atomic E-state index is 0.410. The van der Waals surface area contributed by atoms with Crippen LogP contribution >= 0.6 is 0 Å². The van der Waals surface area contributed by atoms with E-state index in [1.807, 2.05) is 19.3 Å². The van der Waals surface area contributed by atoms with Gasteiger partial charge < -0.3 is 0 Å². The smallest absolute Gasteiger partial charge is 0.168 e. The van der Waals surface area contributed by atoms with Crippen molar-refractivity contribution in [3.8, 4) is 11.1 Å². The van der Waals surface area contributed by atoms with Gasteiger partial charge in [0.15, 0.2) is 6.29 Å². The van der Waals surface area contributed by atoms with Crippen LogP contribution in [0, 0.1) is 0 Å². The van der Waals surface area contributed by atoms with Gasteiger partial charge in [0.1, 0.15) is 5.69 Å². The maximum absolute atomic E-state index is 10.7. The van der Waals surface area contributed by atoms with Crippen molar-refractivity contribution in [1.82, 2.24) is 19.7 Å². The summed E-state index contributed by atoms with van der Waals surface area (Å²) in [5.74, 6) is 0. The van der Waals surface area contributed by atoms with Gasteiger partial charge in [0.2, 0.25) is 0 Å². The molecule has 5 heteroatoms. The second kappa shape index (κ2) is 4.03. The minimum Gasteiger partial charge on any atom is -0.296 e. The Balaban J connectivity index is 2.17. The van der Waals surface area contributed by atoms with Gasteiger partial charge in [-0.15, -0.1) is 0 Å². The molecule has 0 N–H and O–H groups in total. The van der Waals surface area contributed by atoms with Crippen molar-refractivity contribution in [2.75, 3.05) is 0 Å². The number of hydrogen-bond donors (Lipinski definition) is 0. The topological polar surface area (TPSA) is 60.7 Å². The molecule has 3 heterocycles. The van der Waals surface area contributed by atoms with Crippen LogP contribution in [0.1, 0.15) is 10.5 Å². The van der Waals surface area contributed by atoms with E-state index in [-0.39, 0.29) is 0 Å². The normalized spacial score (nSPS) is 10.7. The number of carbonyl (C=O) groups excluding carboxylic acids is 1. The zero-order chi connectivity index (χ0) is 12.5. The molecule has 0 amide bonds. The molecule has 0 bridgehead atoms. The second-order valence-electron chi connectivity index (χ2n) is 4.02. The fourth-order valence-electron chi connectivity index (χ4n) is 1.82. The summed E-state index contributed by atoms with van der Waals surface area (Å²) in [5.41, 5.74) is 3.80. The first-order valence-electron chi connectivity index (χ1n) is 5.47. The quantitative estimate of drug-likeness (QED) is 0.639. The highest BCUT2D eigenvalue weighted by molar-refractivity contribution is 5.83. The number of fused-ring (bicyclic) bond motifs is 1. The van der Waals surface area contributed by atoms with E-state index in [1.54, 1.807) is 29.2 Å². The number of carbonyl (C=O) groups is 1. The molecular weight excluding hydrogens is 228 g/mol. The first-order chi connectivity index (χ1) is 8.76. The summed E-state index contributed by atoms with van der Waals surface area (Å²) in [6, 6.07) is 5.36. The summed E-state index contributed by atoms with van der Waals surface area (Å²) in [6.45, 7) is 0. The Bertz CT molecular complexity index is 733. The summed E-state index contributed by atoms with van der Waals surface area (Å²) in [6.07, 6.45) is 6.19. The molecule has 88 valence electrons. The number of pyridine rings is 2. The summed E-state index contributed by atoms with van der Waals surface area (Å²) in [5, 5.41) is 4.12. The van der Waals surface area contributed by atoms with Crippen LogP contribution in [-0.4, -0.2) is 26.0 Å². The summed E-state index contributed by atoms with van der Waals surface area (Å²) < 4.78 is 1.73. The minimum atomic E-state index is 0.410. The van der Waals surface area contributed by atoms with E-state index in [4.69, 9.17) is 0 Å². The highest BCUT2D eigenvalue weighted by Gasteiger charge is 2.04. The van der Waals surface area contributed by atoms with E-state index in [2.05, 4.69) is 15.1 Å². The third kappa shape index (κ3) is 1.75. The van der Waals surface area contributed by atoms with Crippen LogP contribution in [0.4, 0.5) is 0 Å². The lowest BCUT2D eigenvalue weighted by Crippen LogP contribution is -1.90. The molecule has 0 aliphatic carbocycles. The molecule has 0 unspecified atom stereocenters. The maximum Gasteiger partial charge on any atom is 0.168 e. The molecule has 0 aromatic carbocycles. The maximum atomic E-state index is 10.7. The van der Waals surface area contributed by atoms with Gasteiger partial charge in [0.25, 0.3) is 0 Å². The van der Waals surface area contributed by atoms with Crippen LogP contribution in [0.15, 0.2) is 36.8 Å². The number of rotatable bonds is 2. The van der Waals surface area contributed by atoms with Crippen molar-refractivity contribution < 1.29 is 4.79 Å². The number of hydrogen-bond acceptors (Lipinski definition) is 4. The largest absolute Gasteiger partial charge is 0.296 e. The van der Waals surface area contributed by atoms with Crippen LogP contribution in [0.2, 0.25) is 0 Å². The highest BCUT2D eigenvalue weighted by Crippen LogP contribution is 2.21. The Kier molecular flexibility index (Phi) is 2.37. The van der Waals surface area contributed by atoms with Crippen molar-refractivity contribution in [3.05, 3.63) is 42.5 Å². The van der Waals surface area contributed by atoms with Gasteiger partial charge in [-0.25, -0.2) is 4.98 Å². The molecule has 3 rings (SSSR count). The molecule has 0 atom stereocenters. The van der Waals surface area contributed by atoms with E-state index in [9.17, 15) is 4.79 Å². The molecule has 0 radical (unpaired) electrons. The number of aryl methyl sites for hydroxylation is 1. The Morgan fingerprint density at radius 1 is 1.17 bits per heavy atom. The Morgan fingerprint density at radius 2 is 2.06 bits per heavy atom. The van der Waals surface area contributed by atoms with Crippen LogP contribution in [0.25, 0.3) is 22.2 Å². The van der Waals surface area contributed by atoms with Crippen molar-refractivity contribution in [3.63, 3.8) is 0 Å². The fraction of sp³-hybridized carbons (Fsp3) is 0.0769. The highest BCUT2D eigenvalue weighted by atomic mass is 16.1. The predicted molar refractivity (Wildman–Crippen MR) is 67.1 cm³/mol. The summed E-state index contributed by atoms with van der Waals surface area (Å²) in [7, 11) is 1.86. The molecule has 0 aliphatic heterocycles. The van der Waals surface area contributed by atoms with E-state index >= 15 is 0 Å². The predicted octanol–water partition coefficient (Wildman–Crippen LogP) is 1.84. The van der Waals surface area contributed by atoms with E-state index in [0.29, 0.717) is 11.2 Å². The van der Waals surface area contributed by atoms with E-state index in [1.165, 1.54) is 0 Å². The van der Waals surface area contributed by atoms with Crippen molar-refractivity contribution in [2.45, 2.75) is 0 Å². The zero-order valence-corrected chi connectivity index (χ0v) is 9.74. The van der Waals surface area contributed by atoms with Crippen LogP contribution < -0.4 is 0 Å². The van der Waals surface area contributed by atoms with Gasteiger partial charge in [-0.1, -0.05) is 0 Å². The lowest BCUT2D eigenvalue weighted by molar-refractivity contribution is 0.111. The lowest BCUT2D eigenvalue weighted by atomic mass is 10.1. The SMILES string of the molecule is Cn1cc(-c2cnc3ccc(C=O)nc3c2)cn1. The van der Waals surface area contributed by atoms with Crippen molar-refractivity contribution in [1.29, 1.82) is 0 Å². The lowest BCUT2D eigenvalue weighted by Gasteiger charge is -2.00. The Morgan fingerprint density at radius 3 is 2.78 bits per heavy atom. The monoisotopic (exact) mass is 238 g/mol. The number of nitrogens with zero attached hydrogens (tertiary/aromatic N) is 4. The second-order valence-corrected chi connectivity index (χ2v) is 4.02.